The molecule has 0 aromatic heterocycles. The van der Waals surface area contributed by atoms with Crippen LogP contribution in [0.4, 0.5) is 5.69 Å². The minimum absolute atomic E-state index is 0.0566. The first-order valence-electron chi connectivity index (χ1n) is 5.88. The fourth-order valence-corrected chi connectivity index (χ4v) is 2.90. The largest absolute Gasteiger partial charge is 0.506 e. The van der Waals surface area contributed by atoms with Crippen molar-refractivity contribution in [2.24, 2.45) is 0 Å². The standard InChI is InChI=1S/C14H14ClNO3S/c1-9-3-5-11(6-4-9)20(18,19)16-13-8-12(15)10(2)7-14(13)17/h3-8,16-17H,1-2H3. The fraction of sp³-hybridized carbons (Fsp3) is 0.143. The van der Waals surface area contributed by atoms with E-state index in [1.165, 1.54) is 24.3 Å². The lowest BCUT2D eigenvalue weighted by atomic mass is 10.2. The van der Waals surface area contributed by atoms with Gasteiger partial charge in [0.25, 0.3) is 10.0 Å². The van der Waals surface area contributed by atoms with Crippen molar-refractivity contribution in [1.82, 2.24) is 0 Å². The SMILES string of the molecule is Cc1ccc(S(=O)(=O)Nc2cc(Cl)c(C)cc2O)cc1. The van der Waals surface area contributed by atoms with Gasteiger partial charge >= 0.3 is 0 Å². The Morgan fingerprint density at radius 1 is 1.10 bits per heavy atom. The fourth-order valence-electron chi connectivity index (χ4n) is 1.67. The molecule has 4 nitrogen and oxygen atoms in total. The molecule has 20 heavy (non-hydrogen) atoms. The number of halogens is 1. The van der Waals surface area contributed by atoms with Crippen LogP contribution in [0.25, 0.3) is 0 Å². The van der Waals surface area contributed by atoms with Crippen LogP contribution in [0.3, 0.4) is 0 Å². The predicted molar refractivity (Wildman–Crippen MR) is 79.8 cm³/mol. The molecular weight excluding hydrogens is 298 g/mol. The van der Waals surface area contributed by atoms with E-state index in [1.807, 2.05) is 6.92 Å². The molecule has 2 aromatic rings. The monoisotopic (exact) mass is 311 g/mol. The minimum Gasteiger partial charge on any atom is -0.506 e. The summed E-state index contributed by atoms with van der Waals surface area (Å²) in [5.41, 5.74) is 1.69. The summed E-state index contributed by atoms with van der Waals surface area (Å²) < 4.78 is 26.7. The molecule has 0 bridgehead atoms. The predicted octanol–water partition coefficient (Wildman–Crippen LogP) is 3.46. The van der Waals surface area contributed by atoms with E-state index in [0.717, 1.165) is 5.56 Å². The maximum atomic E-state index is 12.2. The third-order valence-electron chi connectivity index (χ3n) is 2.85. The molecule has 0 fully saturated rings. The van der Waals surface area contributed by atoms with E-state index in [1.54, 1.807) is 19.1 Å². The Bertz CT molecular complexity index is 740. The highest BCUT2D eigenvalue weighted by Crippen LogP contribution is 2.31. The number of phenols is 1. The van der Waals surface area contributed by atoms with E-state index in [4.69, 9.17) is 11.6 Å². The van der Waals surface area contributed by atoms with Gasteiger partial charge in [-0.15, -0.1) is 0 Å². The van der Waals surface area contributed by atoms with Gasteiger partial charge in [-0.3, -0.25) is 4.72 Å². The van der Waals surface area contributed by atoms with Crippen LogP contribution in [-0.2, 0) is 10.0 Å². The molecule has 6 heteroatoms. The lowest BCUT2D eigenvalue weighted by molar-refractivity contribution is 0.477. The number of sulfonamides is 1. The number of phenolic OH excluding ortho intramolecular Hbond substituents is 1. The second kappa shape index (κ2) is 5.34. The zero-order chi connectivity index (χ0) is 14.9. The number of aryl methyl sites for hydroxylation is 2. The first-order valence-corrected chi connectivity index (χ1v) is 7.74. The van der Waals surface area contributed by atoms with Gasteiger partial charge in [0.1, 0.15) is 5.75 Å². The number of rotatable bonds is 3. The summed E-state index contributed by atoms with van der Waals surface area (Å²) in [6.07, 6.45) is 0. The average Bonchev–Trinajstić information content (AvgIpc) is 2.36. The highest BCUT2D eigenvalue weighted by Gasteiger charge is 2.16. The number of hydrogen-bond donors (Lipinski definition) is 2. The number of anilines is 1. The van der Waals surface area contributed by atoms with Crippen LogP contribution in [-0.4, -0.2) is 13.5 Å². The molecule has 2 aromatic carbocycles. The van der Waals surface area contributed by atoms with Gasteiger partial charge in [0, 0.05) is 5.02 Å². The van der Waals surface area contributed by atoms with Crippen molar-refractivity contribution < 1.29 is 13.5 Å². The van der Waals surface area contributed by atoms with Gasteiger partial charge < -0.3 is 5.11 Å². The average molecular weight is 312 g/mol. The Morgan fingerprint density at radius 2 is 1.70 bits per heavy atom. The summed E-state index contributed by atoms with van der Waals surface area (Å²) in [5.74, 6) is -0.164. The molecule has 0 saturated heterocycles. The second-order valence-corrected chi connectivity index (χ2v) is 6.63. The van der Waals surface area contributed by atoms with Crippen LogP contribution < -0.4 is 4.72 Å². The number of benzene rings is 2. The van der Waals surface area contributed by atoms with Crippen LogP contribution in [0.2, 0.25) is 5.02 Å². The molecule has 2 rings (SSSR count). The summed E-state index contributed by atoms with van der Waals surface area (Å²) in [6.45, 7) is 3.59. The van der Waals surface area contributed by atoms with Crippen LogP contribution in [0.5, 0.6) is 5.75 Å². The first-order chi connectivity index (χ1) is 9.29. The molecule has 0 aliphatic rings. The van der Waals surface area contributed by atoms with E-state index < -0.39 is 10.0 Å². The summed E-state index contributed by atoms with van der Waals surface area (Å²) in [5, 5.41) is 10.2. The van der Waals surface area contributed by atoms with Crippen molar-refractivity contribution >= 4 is 27.3 Å². The Morgan fingerprint density at radius 3 is 2.30 bits per heavy atom. The molecule has 0 atom stereocenters. The summed E-state index contributed by atoms with van der Waals surface area (Å²) >= 11 is 5.94. The smallest absolute Gasteiger partial charge is 0.262 e. The molecule has 0 unspecified atom stereocenters. The first kappa shape index (κ1) is 14.7. The second-order valence-electron chi connectivity index (χ2n) is 4.54. The Kier molecular flexibility index (Phi) is 3.92. The number of nitrogens with one attached hydrogen (secondary N) is 1. The van der Waals surface area contributed by atoms with Crippen molar-refractivity contribution in [2.45, 2.75) is 18.7 Å². The zero-order valence-corrected chi connectivity index (χ0v) is 12.6. The van der Waals surface area contributed by atoms with Crippen molar-refractivity contribution in [3.05, 3.63) is 52.5 Å². The Balaban J connectivity index is 2.38. The van der Waals surface area contributed by atoms with Crippen LogP contribution in [0.1, 0.15) is 11.1 Å². The summed E-state index contributed by atoms with van der Waals surface area (Å²) in [4.78, 5) is 0.124. The molecular formula is C14H14ClNO3S. The summed E-state index contributed by atoms with van der Waals surface area (Å²) in [6, 6.07) is 9.22. The maximum absolute atomic E-state index is 12.2. The van der Waals surface area contributed by atoms with Crippen LogP contribution in [0.15, 0.2) is 41.3 Å². The molecule has 0 aliphatic heterocycles. The van der Waals surface area contributed by atoms with Gasteiger partial charge in [-0.05, 0) is 43.7 Å². The summed E-state index contributed by atoms with van der Waals surface area (Å²) in [7, 11) is -3.75. The molecule has 0 spiro atoms. The molecule has 106 valence electrons. The van der Waals surface area contributed by atoms with Crippen molar-refractivity contribution in [1.29, 1.82) is 0 Å². The molecule has 0 radical (unpaired) electrons. The molecule has 0 saturated carbocycles. The number of hydrogen-bond acceptors (Lipinski definition) is 3. The lowest BCUT2D eigenvalue weighted by Crippen LogP contribution is -2.13. The molecule has 0 heterocycles. The van der Waals surface area contributed by atoms with Gasteiger partial charge in [-0.1, -0.05) is 29.3 Å². The van der Waals surface area contributed by atoms with E-state index in [9.17, 15) is 13.5 Å². The van der Waals surface area contributed by atoms with Gasteiger partial charge in [0.2, 0.25) is 0 Å². The topological polar surface area (TPSA) is 66.4 Å². The number of aromatic hydroxyl groups is 1. The van der Waals surface area contributed by atoms with Crippen molar-refractivity contribution in [3.8, 4) is 5.75 Å². The van der Waals surface area contributed by atoms with E-state index >= 15 is 0 Å². The minimum atomic E-state index is -3.75. The van der Waals surface area contributed by atoms with Gasteiger partial charge in [-0.25, -0.2) is 8.42 Å². The van der Waals surface area contributed by atoms with Gasteiger partial charge in [0.05, 0.1) is 10.6 Å². The van der Waals surface area contributed by atoms with Gasteiger partial charge in [0.15, 0.2) is 0 Å². The molecule has 2 N–H and O–H groups in total. The molecule has 0 amide bonds. The lowest BCUT2D eigenvalue weighted by Gasteiger charge is -2.11. The normalized spacial score (nSPS) is 11.3. The van der Waals surface area contributed by atoms with Crippen LogP contribution >= 0.6 is 11.6 Å². The van der Waals surface area contributed by atoms with Crippen LogP contribution in [0, 0.1) is 13.8 Å². The van der Waals surface area contributed by atoms with Gasteiger partial charge in [-0.2, -0.15) is 0 Å². The molecule has 0 aliphatic carbocycles. The zero-order valence-electron chi connectivity index (χ0n) is 11.0. The third-order valence-corrected chi connectivity index (χ3v) is 4.64. The third kappa shape index (κ3) is 3.05. The highest BCUT2D eigenvalue weighted by molar-refractivity contribution is 7.92. The van der Waals surface area contributed by atoms with E-state index in [-0.39, 0.29) is 16.3 Å². The Hall–Kier alpha value is -1.72. The van der Waals surface area contributed by atoms with Crippen molar-refractivity contribution in [3.63, 3.8) is 0 Å². The Labute approximate surface area is 123 Å². The van der Waals surface area contributed by atoms with E-state index in [0.29, 0.717) is 10.6 Å². The quantitative estimate of drug-likeness (QED) is 0.853. The van der Waals surface area contributed by atoms with Crippen molar-refractivity contribution in [2.75, 3.05) is 4.72 Å². The maximum Gasteiger partial charge on any atom is 0.262 e. The van der Waals surface area contributed by atoms with E-state index in [2.05, 4.69) is 4.72 Å². The highest BCUT2D eigenvalue weighted by atomic mass is 35.5.